The molecule has 2 rings (SSSR count). The molecule has 1 saturated heterocycles. The van der Waals surface area contributed by atoms with Gasteiger partial charge in [-0.3, -0.25) is 4.79 Å². The molecule has 1 fully saturated rings. The van der Waals surface area contributed by atoms with Gasteiger partial charge in [0.1, 0.15) is 0 Å². The van der Waals surface area contributed by atoms with Crippen molar-refractivity contribution in [1.82, 2.24) is 0 Å². The van der Waals surface area contributed by atoms with Gasteiger partial charge in [-0.2, -0.15) is 0 Å². The third-order valence-electron chi connectivity index (χ3n) is 3.92. The summed E-state index contributed by atoms with van der Waals surface area (Å²) in [5, 5.41) is 6.33. The van der Waals surface area contributed by atoms with Crippen LogP contribution in [0.3, 0.4) is 0 Å². The van der Waals surface area contributed by atoms with Gasteiger partial charge >= 0.3 is 0 Å². The largest absolute Gasteiger partial charge is 0.382 e. The van der Waals surface area contributed by atoms with Crippen LogP contribution in [0.1, 0.15) is 40.0 Å². The van der Waals surface area contributed by atoms with Crippen LogP contribution in [0.4, 0.5) is 11.4 Å². The van der Waals surface area contributed by atoms with Crippen LogP contribution in [0.2, 0.25) is 0 Å². The van der Waals surface area contributed by atoms with Crippen LogP contribution < -0.4 is 10.6 Å². The summed E-state index contributed by atoms with van der Waals surface area (Å²) in [6.45, 7) is 6.68. The Kier molecular flexibility index (Phi) is 4.65. The molecular weight excluding hydrogens is 252 g/mol. The predicted molar refractivity (Wildman–Crippen MR) is 82.0 cm³/mol. The zero-order valence-electron chi connectivity index (χ0n) is 12.5. The highest BCUT2D eigenvalue weighted by Crippen LogP contribution is 2.29. The molecule has 1 amide bonds. The maximum absolute atomic E-state index is 11.0. The third kappa shape index (κ3) is 3.97. The summed E-state index contributed by atoms with van der Waals surface area (Å²) in [4.78, 5) is 11.0. The number of nitrogens with one attached hydrogen (secondary N) is 2. The summed E-state index contributed by atoms with van der Waals surface area (Å²) >= 11 is 0. The number of rotatable bonds is 4. The maximum atomic E-state index is 11.0. The van der Waals surface area contributed by atoms with E-state index < -0.39 is 0 Å². The molecule has 2 unspecified atom stereocenters. The number of carbonyl (C=O) groups excluding carboxylic acids is 1. The summed E-state index contributed by atoms with van der Waals surface area (Å²) < 4.78 is 5.86. The fraction of sp³-hybridized carbons (Fsp3) is 0.562. The van der Waals surface area contributed by atoms with Crippen molar-refractivity contribution in [3.63, 3.8) is 0 Å². The first-order chi connectivity index (χ1) is 9.50. The number of amides is 1. The Morgan fingerprint density at radius 2 is 2.00 bits per heavy atom. The van der Waals surface area contributed by atoms with E-state index >= 15 is 0 Å². The first-order valence-electron chi connectivity index (χ1n) is 7.29. The fourth-order valence-corrected chi connectivity index (χ4v) is 2.59. The monoisotopic (exact) mass is 276 g/mol. The average molecular weight is 276 g/mol. The summed E-state index contributed by atoms with van der Waals surface area (Å²) in [5.74, 6) is -0.0474. The van der Waals surface area contributed by atoms with E-state index in [0.717, 1.165) is 37.2 Å². The van der Waals surface area contributed by atoms with Gasteiger partial charge < -0.3 is 15.4 Å². The van der Waals surface area contributed by atoms with Crippen LogP contribution in [0.5, 0.6) is 0 Å². The van der Waals surface area contributed by atoms with Gasteiger partial charge in [-0.25, -0.2) is 0 Å². The van der Waals surface area contributed by atoms with Crippen LogP contribution >= 0.6 is 0 Å². The second kappa shape index (κ2) is 6.27. The third-order valence-corrected chi connectivity index (χ3v) is 3.92. The standard InChI is InChI=1S/C16H24N2O2/c1-4-16(3)11-15(9-10-20-16)18-14-7-5-13(6-8-14)17-12(2)19/h5-8,15,18H,4,9-11H2,1-3H3,(H,17,19). The van der Waals surface area contributed by atoms with Crippen molar-refractivity contribution in [3.05, 3.63) is 24.3 Å². The molecule has 4 nitrogen and oxygen atoms in total. The molecule has 0 radical (unpaired) electrons. The van der Waals surface area contributed by atoms with Crippen molar-refractivity contribution in [2.45, 2.75) is 51.7 Å². The molecule has 1 aromatic carbocycles. The van der Waals surface area contributed by atoms with E-state index in [0.29, 0.717) is 6.04 Å². The Hall–Kier alpha value is -1.55. The van der Waals surface area contributed by atoms with Crippen molar-refractivity contribution < 1.29 is 9.53 Å². The lowest BCUT2D eigenvalue weighted by Gasteiger charge is -2.38. The molecule has 4 heteroatoms. The van der Waals surface area contributed by atoms with Gasteiger partial charge in [0.25, 0.3) is 0 Å². The topological polar surface area (TPSA) is 50.4 Å². The van der Waals surface area contributed by atoms with Crippen LogP contribution in [-0.2, 0) is 9.53 Å². The molecule has 0 aromatic heterocycles. The Morgan fingerprint density at radius 3 is 2.60 bits per heavy atom. The summed E-state index contributed by atoms with van der Waals surface area (Å²) in [6, 6.07) is 8.29. The lowest BCUT2D eigenvalue weighted by atomic mass is 9.90. The molecule has 2 N–H and O–H groups in total. The smallest absolute Gasteiger partial charge is 0.221 e. The molecule has 1 aliphatic heterocycles. The van der Waals surface area contributed by atoms with Crippen molar-refractivity contribution in [2.75, 3.05) is 17.2 Å². The maximum Gasteiger partial charge on any atom is 0.221 e. The number of hydrogen-bond donors (Lipinski definition) is 2. The Bertz CT molecular complexity index is 458. The molecular formula is C16H24N2O2. The van der Waals surface area contributed by atoms with E-state index in [1.807, 2.05) is 24.3 Å². The second-order valence-electron chi connectivity index (χ2n) is 5.74. The van der Waals surface area contributed by atoms with E-state index in [2.05, 4.69) is 24.5 Å². The number of carbonyl (C=O) groups is 1. The molecule has 2 atom stereocenters. The van der Waals surface area contributed by atoms with Crippen LogP contribution in [0.25, 0.3) is 0 Å². The van der Waals surface area contributed by atoms with E-state index in [1.54, 1.807) is 0 Å². The molecule has 0 saturated carbocycles. The van der Waals surface area contributed by atoms with Crippen LogP contribution in [-0.4, -0.2) is 24.2 Å². The molecule has 1 heterocycles. The minimum Gasteiger partial charge on any atom is -0.382 e. The highest BCUT2D eigenvalue weighted by molar-refractivity contribution is 5.88. The molecule has 1 aliphatic rings. The fourth-order valence-electron chi connectivity index (χ4n) is 2.59. The molecule has 1 aromatic rings. The molecule has 0 aliphatic carbocycles. The molecule has 0 spiro atoms. The van der Waals surface area contributed by atoms with E-state index in [1.165, 1.54) is 6.92 Å². The average Bonchev–Trinajstić information content (AvgIpc) is 2.41. The zero-order chi connectivity index (χ0) is 14.6. The van der Waals surface area contributed by atoms with E-state index in [4.69, 9.17) is 4.74 Å². The minimum absolute atomic E-state index is 0.00789. The number of ether oxygens (including phenoxy) is 1. The summed E-state index contributed by atoms with van der Waals surface area (Å²) in [6.07, 6.45) is 3.09. The predicted octanol–water partition coefficient (Wildman–Crippen LogP) is 3.40. The SMILES string of the molecule is CCC1(C)CC(Nc2ccc(NC(C)=O)cc2)CCO1. The van der Waals surface area contributed by atoms with Crippen LogP contribution in [0, 0.1) is 0 Å². The first-order valence-corrected chi connectivity index (χ1v) is 7.29. The van der Waals surface area contributed by atoms with Crippen molar-refractivity contribution >= 4 is 17.3 Å². The van der Waals surface area contributed by atoms with Crippen LogP contribution in [0.15, 0.2) is 24.3 Å². The number of benzene rings is 1. The second-order valence-corrected chi connectivity index (χ2v) is 5.74. The molecule has 110 valence electrons. The Balaban J connectivity index is 1.94. The van der Waals surface area contributed by atoms with Crippen molar-refractivity contribution in [3.8, 4) is 0 Å². The van der Waals surface area contributed by atoms with E-state index in [-0.39, 0.29) is 11.5 Å². The van der Waals surface area contributed by atoms with Gasteiger partial charge in [0.15, 0.2) is 0 Å². The van der Waals surface area contributed by atoms with Gasteiger partial charge in [-0.1, -0.05) is 6.92 Å². The first kappa shape index (κ1) is 14.9. The normalized spacial score (nSPS) is 26.1. The van der Waals surface area contributed by atoms with Crippen molar-refractivity contribution in [1.29, 1.82) is 0 Å². The Morgan fingerprint density at radius 1 is 1.35 bits per heavy atom. The van der Waals surface area contributed by atoms with E-state index in [9.17, 15) is 4.79 Å². The quantitative estimate of drug-likeness (QED) is 0.886. The molecule has 20 heavy (non-hydrogen) atoms. The lowest BCUT2D eigenvalue weighted by molar-refractivity contribution is -0.114. The van der Waals surface area contributed by atoms with Gasteiger partial charge in [-0.15, -0.1) is 0 Å². The highest BCUT2D eigenvalue weighted by Gasteiger charge is 2.31. The summed E-state index contributed by atoms with van der Waals surface area (Å²) in [7, 11) is 0. The number of hydrogen-bond acceptors (Lipinski definition) is 3. The van der Waals surface area contributed by atoms with Gasteiger partial charge in [0, 0.05) is 30.9 Å². The number of anilines is 2. The van der Waals surface area contributed by atoms with Gasteiger partial charge in [0.2, 0.25) is 5.91 Å². The minimum atomic E-state index is -0.0474. The van der Waals surface area contributed by atoms with Gasteiger partial charge in [-0.05, 0) is 50.5 Å². The van der Waals surface area contributed by atoms with Gasteiger partial charge in [0.05, 0.1) is 5.60 Å². The lowest BCUT2D eigenvalue weighted by Crippen LogP contribution is -2.41. The Labute approximate surface area is 120 Å². The molecule has 0 bridgehead atoms. The highest BCUT2D eigenvalue weighted by atomic mass is 16.5. The summed E-state index contributed by atoms with van der Waals surface area (Å²) in [5.41, 5.74) is 1.91. The van der Waals surface area contributed by atoms with Crippen molar-refractivity contribution in [2.24, 2.45) is 0 Å². The zero-order valence-corrected chi connectivity index (χ0v) is 12.5.